The lowest BCUT2D eigenvalue weighted by Crippen LogP contribution is -2.21. The van der Waals surface area contributed by atoms with Crippen molar-refractivity contribution in [2.24, 2.45) is 5.92 Å². The van der Waals surface area contributed by atoms with E-state index in [0.717, 1.165) is 6.42 Å². The number of carbonyl (C=O) groups excluding carboxylic acids is 1. The molecule has 0 aromatic rings. The van der Waals surface area contributed by atoms with Gasteiger partial charge < -0.3 is 4.74 Å². The highest BCUT2D eigenvalue weighted by atomic mass is 16.5. The first-order chi connectivity index (χ1) is 4.57. The van der Waals surface area contributed by atoms with E-state index >= 15 is 0 Å². The zero-order valence-electron chi connectivity index (χ0n) is 7.18. The molecule has 0 rings (SSSR count). The Labute approximate surface area is 62.6 Å². The summed E-state index contributed by atoms with van der Waals surface area (Å²) in [6, 6.07) is 0. The quantitative estimate of drug-likeness (QED) is 0.599. The van der Waals surface area contributed by atoms with E-state index in [1.54, 1.807) is 14.0 Å². The molecule has 1 atom stereocenters. The van der Waals surface area contributed by atoms with Gasteiger partial charge in [-0.3, -0.25) is 4.79 Å². The van der Waals surface area contributed by atoms with E-state index in [-0.39, 0.29) is 11.9 Å². The monoisotopic (exact) mass is 144 g/mol. The average molecular weight is 144 g/mol. The molecule has 0 bridgehead atoms. The third kappa shape index (κ3) is 3.62. The molecule has 2 nitrogen and oxygen atoms in total. The smallest absolute Gasteiger partial charge is 0.158 e. The highest BCUT2D eigenvalue weighted by molar-refractivity contribution is 5.80. The second-order valence-corrected chi connectivity index (χ2v) is 2.96. The Morgan fingerprint density at radius 1 is 1.50 bits per heavy atom. The minimum absolute atomic E-state index is 0.121. The molecule has 0 aliphatic heterocycles. The Hall–Kier alpha value is -0.370. The number of hydrogen-bond donors (Lipinski definition) is 0. The van der Waals surface area contributed by atoms with Crippen molar-refractivity contribution in [3.05, 3.63) is 0 Å². The highest BCUT2D eigenvalue weighted by Crippen LogP contribution is 2.07. The van der Waals surface area contributed by atoms with Crippen LogP contribution in [0.3, 0.4) is 0 Å². The van der Waals surface area contributed by atoms with Gasteiger partial charge in [0.1, 0.15) is 6.10 Å². The van der Waals surface area contributed by atoms with E-state index in [4.69, 9.17) is 4.74 Å². The minimum Gasteiger partial charge on any atom is -0.374 e. The van der Waals surface area contributed by atoms with Crippen LogP contribution in [0.15, 0.2) is 0 Å². The lowest BCUT2D eigenvalue weighted by Gasteiger charge is -2.13. The summed E-state index contributed by atoms with van der Waals surface area (Å²) >= 11 is 0. The standard InChI is InChI=1S/C8H16O2/c1-6(2)5-8(10-4)7(3)9/h6,8H,5H2,1-4H3. The fraction of sp³-hybridized carbons (Fsp3) is 0.875. The molecule has 0 fully saturated rings. The van der Waals surface area contributed by atoms with E-state index in [1.807, 2.05) is 0 Å². The Bertz CT molecular complexity index is 108. The molecule has 0 aliphatic rings. The molecule has 0 aromatic heterocycles. The Kier molecular flexibility index (Phi) is 4.28. The van der Waals surface area contributed by atoms with Gasteiger partial charge in [0, 0.05) is 7.11 Å². The summed E-state index contributed by atoms with van der Waals surface area (Å²) in [6.45, 7) is 5.72. The third-order valence-corrected chi connectivity index (χ3v) is 1.42. The van der Waals surface area contributed by atoms with Crippen molar-refractivity contribution in [3.63, 3.8) is 0 Å². The highest BCUT2D eigenvalue weighted by Gasteiger charge is 2.13. The number of ether oxygens (including phenoxy) is 1. The maximum atomic E-state index is 10.8. The van der Waals surface area contributed by atoms with E-state index in [0.29, 0.717) is 5.92 Å². The second kappa shape index (κ2) is 4.45. The number of Topliss-reactive ketones (excluding diaryl/α,β-unsaturated/α-hetero) is 1. The summed E-state index contributed by atoms with van der Waals surface area (Å²) in [6.07, 6.45) is 0.631. The number of hydrogen-bond acceptors (Lipinski definition) is 2. The van der Waals surface area contributed by atoms with E-state index in [9.17, 15) is 4.79 Å². The lowest BCUT2D eigenvalue weighted by molar-refractivity contribution is -0.127. The Morgan fingerprint density at radius 3 is 2.10 bits per heavy atom. The van der Waals surface area contributed by atoms with Crippen LogP contribution in [-0.4, -0.2) is 19.0 Å². The first-order valence-electron chi connectivity index (χ1n) is 3.61. The average Bonchev–Trinajstić information content (AvgIpc) is 1.81. The Balaban J connectivity index is 3.72. The first kappa shape index (κ1) is 9.63. The van der Waals surface area contributed by atoms with Crippen LogP contribution in [0.25, 0.3) is 0 Å². The number of methoxy groups -OCH3 is 1. The van der Waals surface area contributed by atoms with Crippen molar-refractivity contribution < 1.29 is 9.53 Å². The maximum Gasteiger partial charge on any atom is 0.158 e. The lowest BCUT2D eigenvalue weighted by atomic mass is 10.0. The van der Waals surface area contributed by atoms with E-state index in [1.165, 1.54) is 0 Å². The van der Waals surface area contributed by atoms with Gasteiger partial charge in [-0.05, 0) is 19.3 Å². The van der Waals surface area contributed by atoms with Gasteiger partial charge in [0.2, 0.25) is 0 Å². The number of carbonyl (C=O) groups is 1. The van der Waals surface area contributed by atoms with Gasteiger partial charge in [-0.15, -0.1) is 0 Å². The molecular weight excluding hydrogens is 128 g/mol. The van der Waals surface area contributed by atoms with Crippen LogP contribution in [0.2, 0.25) is 0 Å². The van der Waals surface area contributed by atoms with Crippen molar-refractivity contribution in [1.82, 2.24) is 0 Å². The van der Waals surface area contributed by atoms with Gasteiger partial charge in [0.25, 0.3) is 0 Å². The van der Waals surface area contributed by atoms with Crippen LogP contribution >= 0.6 is 0 Å². The molecule has 0 heterocycles. The first-order valence-corrected chi connectivity index (χ1v) is 3.61. The van der Waals surface area contributed by atoms with E-state index < -0.39 is 0 Å². The zero-order chi connectivity index (χ0) is 8.15. The topological polar surface area (TPSA) is 26.3 Å². The van der Waals surface area contributed by atoms with Crippen LogP contribution in [-0.2, 0) is 9.53 Å². The molecule has 0 saturated carbocycles. The molecule has 0 saturated heterocycles. The van der Waals surface area contributed by atoms with Gasteiger partial charge in [-0.1, -0.05) is 13.8 Å². The predicted octanol–water partition coefficient (Wildman–Crippen LogP) is 1.64. The molecule has 1 unspecified atom stereocenters. The molecular formula is C8H16O2. The van der Waals surface area contributed by atoms with Crippen LogP contribution in [0, 0.1) is 5.92 Å². The Morgan fingerprint density at radius 2 is 2.00 bits per heavy atom. The summed E-state index contributed by atoms with van der Waals surface area (Å²) < 4.78 is 4.97. The number of ketones is 1. The third-order valence-electron chi connectivity index (χ3n) is 1.42. The molecule has 0 aliphatic carbocycles. The van der Waals surface area contributed by atoms with E-state index in [2.05, 4.69) is 13.8 Å². The number of rotatable bonds is 4. The molecule has 0 N–H and O–H groups in total. The fourth-order valence-corrected chi connectivity index (χ4v) is 0.856. The molecule has 10 heavy (non-hydrogen) atoms. The SMILES string of the molecule is COC(CC(C)C)C(C)=O. The van der Waals surface area contributed by atoms with Gasteiger partial charge in [0.15, 0.2) is 5.78 Å². The fourth-order valence-electron chi connectivity index (χ4n) is 0.856. The van der Waals surface area contributed by atoms with Crippen LogP contribution < -0.4 is 0 Å². The minimum atomic E-state index is -0.194. The molecule has 60 valence electrons. The second-order valence-electron chi connectivity index (χ2n) is 2.96. The largest absolute Gasteiger partial charge is 0.374 e. The van der Waals surface area contributed by atoms with Crippen molar-refractivity contribution >= 4 is 5.78 Å². The summed E-state index contributed by atoms with van der Waals surface area (Å²) in [5, 5.41) is 0. The predicted molar refractivity (Wildman–Crippen MR) is 40.9 cm³/mol. The summed E-state index contributed by atoms with van der Waals surface area (Å²) in [4.78, 5) is 10.8. The van der Waals surface area contributed by atoms with Gasteiger partial charge in [-0.2, -0.15) is 0 Å². The summed E-state index contributed by atoms with van der Waals surface area (Å²) in [7, 11) is 1.58. The summed E-state index contributed by atoms with van der Waals surface area (Å²) in [5.41, 5.74) is 0. The van der Waals surface area contributed by atoms with Crippen molar-refractivity contribution in [1.29, 1.82) is 0 Å². The molecule has 0 spiro atoms. The van der Waals surface area contributed by atoms with Gasteiger partial charge in [-0.25, -0.2) is 0 Å². The van der Waals surface area contributed by atoms with Crippen molar-refractivity contribution in [2.75, 3.05) is 7.11 Å². The molecule has 0 aromatic carbocycles. The molecule has 0 amide bonds. The van der Waals surface area contributed by atoms with Crippen molar-refractivity contribution in [3.8, 4) is 0 Å². The summed E-state index contributed by atoms with van der Waals surface area (Å²) in [5.74, 6) is 0.644. The van der Waals surface area contributed by atoms with Crippen molar-refractivity contribution in [2.45, 2.75) is 33.3 Å². The van der Waals surface area contributed by atoms with Crippen LogP contribution in [0.1, 0.15) is 27.2 Å². The molecule has 2 heteroatoms. The molecule has 0 radical (unpaired) electrons. The zero-order valence-corrected chi connectivity index (χ0v) is 7.18. The maximum absolute atomic E-state index is 10.8. The van der Waals surface area contributed by atoms with Crippen LogP contribution in [0.4, 0.5) is 0 Å². The van der Waals surface area contributed by atoms with Gasteiger partial charge >= 0.3 is 0 Å². The normalized spacial score (nSPS) is 13.7. The van der Waals surface area contributed by atoms with Gasteiger partial charge in [0.05, 0.1) is 0 Å². The van der Waals surface area contributed by atoms with Crippen LogP contribution in [0.5, 0.6) is 0 Å².